The van der Waals surface area contributed by atoms with Crippen molar-refractivity contribution in [3.05, 3.63) is 44.8 Å². The van der Waals surface area contributed by atoms with Crippen molar-refractivity contribution >= 4 is 17.6 Å². The molecule has 4 heterocycles. The van der Waals surface area contributed by atoms with Crippen LogP contribution in [0.4, 0.5) is 5.82 Å². The first-order valence-corrected chi connectivity index (χ1v) is 11.2. The van der Waals surface area contributed by atoms with Crippen LogP contribution < -0.4 is 10.5 Å². The molecule has 142 valence electrons. The van der Waals surface area contributed by atoms with E-state index in [0.29, 0.717) is 6.54 Å². The number of anilines is 1. The van der Waals surface area contributed by atoms with Gasteiger partial charge in [-0.3, -0.25) is 4.79 Å². The Labute approximate surface area is 163 Å². The number of rotatable bonds is 3. The van der Waals surface area contributed by atoms with Crippen LogP contribution in [0, 0.1) is 6.92 Å². The molecule has 6 nitrogen and oxygen atoms in total. The summed E-state index contributed by atoms with van der Waals surface area (Å²) in [7, 11) is 0. The molecule has 7 heteroatoms. The zero-order valence-corrected chi connectivity index (χ0v) is 16.6. The first-order chi connectivity index (χ1) is 13.2. The highest BCUT2D eigenvalue weighted by molar-refractivity contribution is 7.98. The lowest BCUT2D eigenvalue weighted by Crippen LogP contribution is -2.38. The summed E-state index contributed by atoms with van der Waals surface area (Å²) in [6.07, 6.45) is 6.49. The molecule has 0 spiro atoms. The van der Waals surface area contributed by atoms with Crippen LogP contribution in [0.3, 0.4) is 0 Å². The van der Waals surface area contributed by atoms with E-state index >= 15 is 0 Å². The predicted octanol–water partition coefficient (Wildman–Crippen LogP) is 2.29. The van der Waals surface area contributed by atoms with Crippen LogP contribution in [0.5, 0.6) is 0 Å². The maximum absolute atomic E-state index is 12.6. The summed E-state index contributed by atoms with van der Waals surface area (Å²) >= 11 is 1.88. The summed E-state index contributed by atoms with van der Waals surface area (Å²) in [5.74, 6) is 3.98. The fourth-order valence-corrected chi connectivity index (χ4v) is 5.61. The molecule has 0 aromatic carbocycles. The van der Waals surface area contributed by atoms with E-state index in [0.717, 1.165) is 73.1 Å². The van der Waals surface area contributed by atoms with Crippen molar-refractivity contribution in [3.8, 4) is 0 Å². The number of hydrogen-bond donors (Lipinski definition) is 0. The molecule has 1 atom stereocenters. The summed E-state index contributed by atoms with van der Waals surface area (Å²) in [4.78, 5) is 24.5. The minimum atomic E-state index is 0.0344. The smallest absolute Gasteiger partial charge is 0.267 e. The van der Waals surface area contributed by atoms with Gasteiger partial charge >= 0.3 is 0 Å². The van der Waals surface area contributed by atoms with E-state index in [1.165, 1.54) is 17.7 Å². The minimum absolute atomic E-state index is 0.0344. The molecule has 0 saturated carbocycles. The fourth-order valence-electron chi connectivity index (χ4n) is 4.66. The lowest BCUT2D eigenvalue weighted by atomic mass is 10.1. The van der Waals surface area contributed by atoms with Gasteiger partial charge in [-0.1, -0.05) is 0 Å². The van der Waals surface area contributed by atoms with Gasteiger partial charge in [0.1, 0.15) is 11.6 Å². The lowest BCUT2D eigenvalue weighted by molar-refractivity contribution is 0.479. The van der Waals surface area contributed by atoms with Crippen LogP contribution >= 0.6 is 11.8 Å². The summed E-state index contributed by atoms with van der Waals surface area (Å²) in [6.45, 7) is 3.64. The highest BCUT2D eigenvalue weighted by atomic mass is 32.2. The Bertz CT molecular complexity index is 941. The van der Waals surface area contributed by atoms with Gasteiger partial charge < -0.3 is 4.90 Å². The zero-order chi connectivity index (χ0) is 18.4. The highest BCUT2D eigenvalue weighted by Gasteiger charge is 2.31. The van der Waals surface area contributed by atoms with Gasteiger partial charge in [0.05, 0.1) is 18.3 Å². The molecule has 0 radical (unpaired) electrons. The maximum Gasteiger partial charge on any atom is 0.267 e. The van der Waals surface area contributed by atoms with Gasteiger partial charge in [-0.25, -0.2) is 14.6 Å². The molecule has 1 saturated heterocycles. The average Bonchev–Trinajstić information content (AvgIpc) is 3.31. The highest BCUT2D eigenvalue weighted by Crippen LogP contribution is 2.33. The van der Waals surface area contributed by atoms with Gasteiger partial charge in [0, 0.05) is 36.0 Å². The second kappa shape index (κ2) is 6.93. The average molecular weight is 384 g/mol. The van der Waals surface area contributed by atoms with Gasteiger partial charge in [0.25, 0.3) is 5.56 Å². The first kappa shape index (κ1) is 17.2. The molecular weight excluding hydrogens is 358 g/mol. The van der Waals surface area contributed by atoms with Crippen LogP contribution in [-0.2, 0) is 31.6 Å². The number of aryl methyl sites for hydroxylation is 3. The third-order valence-electron chi connectivity index (χ3n) is 5.96. The molecule has 1 aliphatic carbocycles. The van der Waals surface area contributed by atoms with Crippen molar-refractivity contribution < 1.29 is 0 Å². The van der Waals surface area contributed by atoms with Crippen molar-refractivity contribution in [2.75, 3.05) is 17.2 Å². The van der Waals surface area contributed by atoms with Crippen molar-refractivity contribution in [2.24, 2.45) is 0 Å². The SMILES string of the molecule is Cc1nc2c(c(N3CCCC3Cn3nc4c(cc3=O)CSCC4)n1)CCC2. The van der Waals surface area contributed by atoms with Crippen molar-refractivity contribution in [1.82, 2.24) is 19.7 Å². The first-order valence-electron chi connectivity index (χ1n) is 10.00. The second-order valence-electron chi connectivity index (χ2n) is 7.80. The maximum atomic E-state index is 12.6. The molecule has 2 aromatic rings. The Morgan fingerprint density at radius 3 is 3.04 bits per heavy atom. The summed E-state index contributed by atoms with van der Waals surface area (Å²) < 4.78 is 1.70. The standard InChI is InChI=1S/C20H25N5OS/c1-13-21-18-6-2-5-16(18)20(22-13)24-8-3-4-15(24)11-25-19(26)10-14-12-27-9-7-17(14)23-25/h10,15H,2-9,11-12H2,1H3. The van der Waals surface area contributed by atoms with Crippen molar-refractivity contribution in [2.45, 2.75) is 63.8 Å². The number of fused-ring (bicyclic) bond motifs is 2. The molecule has 2 aromatic heterocycles. The van der Waals surface area contributed by atoms with E-state index < -0.39 is 0 Å². The van der Waals surface area contributed by atoms with E-state index in [2.05, 4.69) is 9.88 Å². The van der Waals surface area contributed by atoms with Crippen LogP contribution in [0.15, 0.2) is 10.9 Å². The number of nitrogens with zero attached hydrogens (tertiary/aromatic N) is 5. The Hall–Kier alpha value is -1.89. The molecule has 0 bridgehead atoms. The molecule has 2 aliphatic heterocycles. The largest absolute Gasteiger partial charge is 0.351 e. The summed E-state index contributed by atoms with van der Waals surface area (Å²) in [6, 6.07) is 2.09. The second-order valence-corrected chi connectivity index (χ2v) is 8.91. The molecular formula is C20H25N5OS. The van der Waals surface area contributed by atoms with Gasteiger partial charge in [0.2, 0.25) is 0 Å². The van der Waals surface area contributed by atoms with Gasteiger partial charge in [-0.2, -0.15) is 16.9 Å². The Morgan fingerprint density at radius 1 is 1.19 bits per heavy atom. The third-order valence-corrected chi connectivity index (χ3v) is 6.97. The normalized spacial score (nSPS) is 21.4. The summed E-state index contributed by atoms with van der Waals surface area (Å²) in [5, 5.41) is 4.73. The Morgan fingerprint density at radius 2 is 2.11 bits per heavy atom. The fraction of sp³-hybridized carbons (Fsp3) is 0.600. The number of hydrogen-bond acceptors (Lipinski definition) is 6. The third kappa shape index (κ3) is 3.16. The number of thioether (sulfide) groups is 1. The van der Waals surface area contributed by atoms with Crippen LogP contribution in [0.1, 0.15) is 47.6 Å². The molecule has 0 N–H and O–H groups in total. The zero-order valence-electron chi connectivity index (χ0n) is 15.8. The Balaban J connectivity index is 1.46. The minimum Gasteiger partial charge on any atom is -0.351 e. The van der Waals surface area contributed by atoms with Crippen molar-refractivity contribution in [1.29, 1.82) is 0 Å². The predicted molar refractivity (Wildman–Crippen MR) is 108 cm³/mol. The quantitative estimate of drug-likeness (QED) is 0.810. The van der Waals surface area contributed by atoms with E-state index in [1.54, 1.807) is 10.7 Å². The topological polar surface area (TPSA) is 63.9 Å². The van der Waals surface area contributed by atoms with Crippen LogP contribution in [0.2, 0.25) is 0 Å². The monoisotopic (exact) mass is 383 g/mol. The summed E-state index contributed by atoms with van der Waals surface area (Å²) in [5.41, 5.74) is 4.82. The molecule has 5 rings (SSSR count). The van der Waals surface area contributed by atoms with Gasteiger partial charge in [-0.05, 0) is 50.3 Å². The molecule has 0 amide bonds. The van der Waals surface area contributed by atoms with E-state index in [-0.39, 0.29) is 11.6 Å². The van der Waals surface area contributed by atoms with Crippen LogP contribution in [0.25, 0.3) is 0 Å². The van der Waals surface area contributed by atoms with E-state index in [4.69, 9.17) is 10.1 Å². The van der Waals surface area contributed by atoms with Gasteiger partial charge in [0.15, 0.2) is 0 Å². The molecule has 3 aliphatic rings. The molecule has 1 fully saturated rings. The van der Waals surface area contributed by atoms with Gasteiger partial charge in [-0.15, -0.1) is 0 Å². The molecule has 27 heavy (non-hydrogen) atoms. The van der Waals surface area contributed by atoms with E-state index in [9.17, 15) is 4.79 Å². The lowest BCUT2D eigenvalue weighted by Gasteiger charge is -2.28. The van der Waals surface area contributed by atoms with Crippen molar-refractivity contribution in [3.63, 3.8) is 0 Å². The van der Waals surface area contributed by atoms with Crippen LogP contribution in [-0.4, -0.2) is 38.1 Å². The van der Waals surface area contributed by atoms with E-state index in [1.807, 2.05) is 18.7 Å². The Kier molecular flexibility index (Phi) is 4.42. The number of aromatic nitrogens is 4. The molecule has 1 unspecified atom stereocenters.